The molecule has 0 radical (unpaired) electrons. The van der Waals surface area contributed by atoms with E-state index in [9.17, 15) is 5.72 Å². The van der Waals surface area contributed by atoms with Gasteiger partial charge < -0.3 is 0 Å². The second-order valence-electron chi connectivity index (χ2n) is 11.6. The van der Waals surface area contributed by atoms with E-state index in [1.54, 1.807) is 6.07 Å². The Balaban J connectivity index is 1.49. The Morgan fingerprint density at radius 1 is 0.630 bits per heavy atom. The fourth-order valence-electron chi connectivity index (χ4n) is 8.12. The van der Waals surface area contributed by atoms with Crippen molar-refractivity contribution in [2.45, 2.75) is 5.41 Å². The summed E-state index contributed by atoms with van der Waals surface area (Å²) in [4.78, 5) is 0. The number of aromatic nitrogens is 1. The number of para-hydroxylation sites is 1. The van der Waals surface area contributed by atoms with E-state index in [4.69, 9.17) is 0 Å². The molecule has 0 N–H and O–H groups in total. The van der Waals surface area contributed by atoms with Crippen LogP contribution in [0.25, 0.3) is 27.5 Å². The number of fused-ring (bicyclic) bond motifs is 7. The molecule has 0 saturated carbocycles. The maximum atomic E-state index is 15.6. The van der Waals surface area contributed by atoms with Crippen LogP contribution in [0.4, 0.5) is 11.4 Å². The Morgan fingerprint density at radius 3 is 1.96 bits per heavy atom. The molecular formula is C37H23BF4I2N2. The predicted molar refractivity (Wildman–Crippen MR) is 197 cm³/mol. The van der Waals surface area contributed by atoms with E-state index >= 15 is 5.72 Å². The van der Waals surface area contributed by atoms with Crippen LogP contribution in [0.3, 0.4) is 0 Å². The number of hydrogen-bond acceptors (Lipinski definition) is 1. The Labute approximate surface area is 277 Å². The molecule has 0 bridgehead atoms. The molecule has 9 rings (SSSR count). The molecule has 3 heterocycles. The molecule has 1 aromatic heterocycles. The third kappa shape index (κ3) is 3.75. The Bertz CT molecular complexity index is 2370. The SMILES string of the molecule is FI(F)N=I(F)(F)c1cccc2c1c1cccc3c1n2-c1cccc2c1B3c1ccccc1C2(c1ccccc1)c1ccccc1. The van der Waals surface area contributed by atoms with Gasteiger partial charge in [0.1, 0.15) is 0 Å². The summed E-state index contributed by atoms with van der Waals surface area (Å²) in [7, 11) is 0. The van der Waals surface area contributed by atoms with Gasteiger partial charge >= 0.3 is 279 Å². The van der Waals surface area contributed by atoms with Gasteiger partial charge in [0.15, 0.2) is 0 Å². The molecule has 0 saturated heterocycles. The van der Waals surface area contributed by atoms with E-state index in [1.165, 1.54) is 11.6 Å². The van der Waals surface area contributed by atoms with Gasteiger partial charge in [-0.3, -0.25) is 0 Å². The van der Waals surface area contributed by atoms with Crippen LogP contribution in [0.2, 0.25) is 0 Å². The second-order valence-corrected chi connectivity index (χ2v) is 19.0. The fourth-order valence-corrected chi connectivity index (χ4v) is 14.2. The monoisotopic (exact) mass is 836 g/mol. The van der Waals surface area contributed by atoms with Crippen LogP contribution in [-0.4, -0.2) is 11.3 Å². The normalized spacial score (nSPS) is 15.0. The summed E-state index contributed by atoms with van der Waals surface area (Å²) in [6, 6.07) is 46.5. The minimum absolute atomic E-state index is 0.160. The van der Waals surface area contributed by atoms with Crippen molar-refractivity contribution in [2.75, 3.05) is 0 Å². The van der Waals surface area contributed by atoms with Gasteiger partial charge in [-0.25, -0.2) is 0 Å². The molecule has 0 spiro atoms. The van der Waals surface area contributed by atoms with Crippen molar-refractivity contribution in [3.8, 4) is 5.69 Å². The van der Waals surface area contributed by atoms with Crippen LogP contribution >= 0.6 is 40.6 Å². The Morgan fingerprint density at radius 2 is 1.24 bits per heavy atom. The summed E-state index contributed by atoms with van der Waals surface area (Å²) in [6.07, 6.45) is 0. The first-order valence-corrected chi connectivity index (χ1v) is 21.0. The van der Waals surface area contributed by atoms with Crippen molar-refractivity contribution in [1.82, 2.24) is 4.57 Å². The molecule has 9 heteroatoms. The molecule has 6 aromatic carbocycles. The van der Waals surface area contributed by atoms with Gasteiger partial charge in [-0.15, -0.1) is 0 Å². The number of halogens is 6. The Kier molecular flexibility index (Phi) is 6.38. The summed E-state index contributed by atoms with van der Waals surface area (Å²) < 4.78 is 62.9. The second kappa shape index (κ2) is 10.3. The molecule has 2 aliphatic rings. The van der Waals surface area contributed by atoms with E-state index in [2.05, 4.69) is 103 Å². The van der Waals surface area contributed by atoms with Gasteiger partial charge in [0.05, 0.1) is 0 Å². The van der Waals surface area contributed by atoms with Crippen LogP contribution in [0.5, 0.6) is 0 Å². The van der Waals surface area contributed by atoms with Crippen molar-refractivity contribution in [1.29, 1.82) is 0 Å². The van der Waals surface area contributed by atoms with Crippen molar-refractivity contribution in [3.63, 3.8) is 0 Å². The molecule has 0 amide bonds. The van der Waals surface area contributed by atoms with E-state index < -0.39 is 46.1 Å². The van der Waals surface area contributed by atoms with E-state index in [1.807, 2.05) is 30.3 Å². The molecule has 46 heavy (non-hydrogen) atoms. The van der Waals surface area contributed by atoms with Crippen molar-refractivity contribution < 1.29 is 11.4 Å². The summed E-state index contributed by atoms with van der Waals surface area (Å²) >= 11 is -11.3. The fraction of sp³-hybridized carbons (Fsp3) is 0.0270. The number of hydrogen-bond donors (Lipinski definition) is 0. The standard InChI is InChI=1S/C37H23BF4I2N2/c39-43(40)45-44(41,42)31-21-11-22-32-34(31)26-16-9-20-30-36(26)46(32)33-23-10-18-28-35(33)38(30)29-19-8-7-17-27(29)37(28,24-12-3-1-4-13-24)25-14-5-2-6-15-25/h1-23H. The van der Waals surface area contributed by atoms with E-state index in [0.29, 0.717) is 16.3 Å². The van der Waals surface area contributed by atoms with Crippen molar-refractivity contribution in [2.24, 2.45) is 1.36 Å². The first-order chi connectivity index (χ1) is 22.4. The van der Waals surface area contributed by atoms with Crippen LogP contribution in [0.1, 0.15) is 22.3 Å². The first kappa shape index (κ1) is 28.4. The van der Waals surface area contributed by atoms with Gasteiger partial charge in [-0.1, -0.05) is 0 Å². The number of nitrogens with zero attached hydrogens (tertiary/aromatic N) is 2. The number of rotatable bonds is 4. The Hall–Kier alpha value is -3.84. The van der Waals surface area contributed by atoms with Gasteiger partial charge in [-0.05, 0) is 0 Å². The molecule has 2 aliphatic heterocycles. The summed E-state index contributed by atoms with van der Waals surface area (Å²) in [5.41, 5.74) is 9.56. The maximum absolute atomic E-state index is 15.6. The molecule has 0 aliphatic carbocycles. The first-order valence-electron chi connectivity index (χ1n) is 14.8. The zero-order valence-corrected chi connectivity index (χ0v) is 28.3. The molecule has 0 unspecified atom stereocenters. The van der Waals surface area contributed by atoms with Crippen LogP contribution in [0.15, 0.2) is 141 Å². The number of benzene rings is 6. The molecule has 0 atom stereocenters. The average molecular weight is 836 g/mol. The van der Waals surface area contributed by atoms with Gasteiger partial charge in [-0.2, -0.15) is 0 Å². The summed E-state index contributed by atoms with van der Waals surface area (Å²) in [5.74, 6) is 0. The van der Waals surface area contributed by atoms with Crippen LogP contribution in [0, 0.1) is 3.57 Å². The summed E-state index contributed by atoms with van der Waals surface area (Å²) in [5, 5.41) is 0.986. The summed E-state index contributed by atoms with van der Waals surface area (Å²) in [6.45, 7) is -0.160. The van der Waals surface area contributed by atoms with Crippen molar-refractivity contribution >= 4 is 85.6 Å². The zero-order valence-electron chi connectivity index (χ0n) is 24.0. The van der Waals surface area contributed by atoms with Crippen LogP contribution < -0.4 is 16.4 Å². The van der Waals surface area contributed by atoms with E-state index in [0.717, 1.165) is 44.3 Å². The molecule has 7 aromatic rings. The molecular weight excluding hydrogens is 813 g/mol. The van der Waals surface area contributed by atoms with Gasteiger partial charge in [0.2, 0.25) is 0 Å². The van der Waals surface area contributed by atoms with Crippen LogP contribution in [-0.2, 0) is 5.41 Å². The molecule has 0 fully saturated rings. The van der Waals surface area contributed by atoms with E-state index in [-0.39, 0.29) is 10.3 Å². The quantitative estimate of drug-likeness (QED) is 0.0956. The van der Waals surface area contributed by atoms with Crippen molar-refractivity contribution in [3.05, 3.63) is 165 Å². The third-order valence-electron chi connectivity index (χ3n) is 9.58. The molecule has 226 valence electrons. The minimum atomic E-state index is -6.30. The predicted octanol–water partition coefficient (Wildman–Crippen LogP) is 9.66. The van der Waals surface area contributed by atoms with Gasteiger partial charge in [0, 0.05) is 0 Å². The topological polar surface area (TPSA) is 17.3 Å². The van der Waals surface area contributed by atoms with Gasteiger partial charge in [0.25, 0.3) is 0 Å². The molecule has 2 nitrogen and oxygen atoms in total. The average Bonchev–Trinajstić information content (AvgIpc) is 3.42. The third-order valence-corrected chi connectivity index (χ3v) is 17.5. The zero-order chi connectivity index (χ0) is 31.2.